The van der Waals surface area contributed by atoms with Crippen molar-refractivity contribution in [3.8, 4) is 0 Å². The Labute approximate surface area is 109 Å². The number of nitrogens with one attached hydrogen (secondary N) is 1. The number of thioether (sulfide) groups is 1. The van der Waals surface area contributed by atoms with E-state index in [1.165, 1.54) is 32.1 Å². The van der Waals surface area contributed by atoms with Crippen LogP contribution in [0.2, 0.25) is 0 Å². The summed E-state index contributed by atoms with van der Waals surface area (Å²) in [6, 6.07) is 0.549. The van der Waals surface area contributed by atoms with Crippen LogP contribution in [0.1, 0.15) is 39.0 Å². The Morgan fingerprint density at radius 1 is 1.47 bits per heavy atom. The average Bonchev–Trinajstić information content (AvgIpc) is 3.07. The van der Waals surface area contributed by atoms with Crippen LogP contribution in [0.25, 0.3) is 0 Å². The molecule has 2 saturated carbocycles. The van der Waals surface area contributed by atoms with Gasteiger partial charge in [0, 0.05) is 23.9 Å². The molecule has 0 bridgehead atoms. The van der Waals surface area contributed by atoms with Gasteiger partial charge in [0.2, 0.25) is 5.91 Å². The SMILES string of the molecule is CCN(C(=O)CNCC1(SC)CCC1)C1CC1. The number of carbonyl (C=O) groups excluding carboxylic acids is 1. The van der Waals surface area contributed by atoms with E-state index in [-0.39, 0.29) is 5.91 Å². The number of likely N-dealkylation sites (N-methyl/N-ethyl adjacent to an activating group) is 1. The monoisotopic (exact) mass is 256 g/mol. The third-order valence-electron chi connectivity index (χ3n) is 4.07. The highest BCUT2D eigenvalue weighted by Crippen LogP contribution is 2.42. The third-order valence-corrected chi connectivity index (χ3v) is 5.49. The first-order valence-corrected chi connectivity index (χ1v) is 7.98. The van der Waals surface area contributed by atoms with Crippen LogP contribution in [0.15, 0.2) is 0 Å². The van der Waals surface area contributed by atoms with Gasteiger partial charge in [0.25, 0.3) is 0 Å². The first-order valence-electron chi connectivity index (χ1n) is 6.76. The predicted octanol–water partition coefficient (Wildman–Crippen LogP) is 1.87. The standard InChI is InChI=1S/C13H24N2OS/c1-3-15(11-5-6-11)12(16)9-14-10-13(17-2)7-4-8-13/h11,14H,3-10H2,1-2H3. The van der Waals surface area contributed by atoms with Crippen LogP contribution in [0.5, 0.6) is 0 Å². The van der Waals surface area contributed by atoms with Gasteiger partial charge in [0.1, 0.15) is 0 Å². The number of hydrogen-bond donors (Lipinski definition) is 1. The first kappa shape index (κ1) is 13.2. The number of rotatable bonds is 7. The lowest BCUT2D eigenvalue weighted by atomic mass is 9.84. The zero-order valence-corrected chi connectivity index (χ0v) is 11.8. The minimum absolute atomic E-state index is 0.283. The molecule has 2 aliphatic carbocycles. The predicted molar refractivity (Wildman–Crippen MR) is 73.4 cm³/mol. The Hall–Kier alpha value is -0.220. The zero-order chi connectivity index (χ0) is 12.3. The molecule has 17 heavy (non-hydrogen) atoms. The lowest BCUT2D eigenvalue weighted by Crippen LogP contribution is -2.47. The van der Waals surface area contributed by atoms with E-state index in [4.69, 9.17) is 0 Å². The minimum atomic E-state index is 0.283. The molecule has 0 heterocycles. The summed E-state index contributed by atoms with van der Waals surface area (Å²) < 4.78 is 0.427. The first-order chi connectivity index (χ1) is 8.21. The summed E-state index contributed by atoms with van der Waals surface area (Å²) in [6.45, 7) is 4.44. The van der Waals surface area contributed by atoms with Gasteiger partial charge in [-0.25, -0.2) is 0 Å². The fraction of sp³-hybridized carbons (Fsp3) is 0.923. The maximum Gasteiger partial charge on any atom is 0.236 e. The number of nitrogens with zero attached hydrogens (tertiary/aromatic N) is 1. The van der Waals surface area contributed by atoms with E-state index in [1.54, 1.807) is 0 Å². The molecule has 98 valence electrons. The van der Waals surface area contributed by atoms with Crippen LogP contribution >= 0.6 is 11.8 Å². The second-order valence-electron chi connectivity index (χ2n) is 5.26. The highest BCUT2D eigenvalue weighted by Gasteiger charge is 2.36. The molecule has 0 unspecified atom stereocenters. The molecule has 0 aromatic carbocycles. The van der Waals surface area contributed by atoms with Crippen molar-refractivity contribution in [2.45, 2.75) is 49.8 Å². The molecule has 4 heteroatoms. The van der Waals surface area contributed by atoms with Gasteiger partial charge in [-0.05, 0) is 38.9 Å². The van der Waals surface area contributed by atoms with Gasteiger partial charge < -0.3 is 10.2 Å². The normalized spacial score (nSPS) is 22.0. The van der Waals surface area contributed by atoms with Gasteiger partial charge in [-0.15, -0.1) is 0 Å². The molecule has 0 spiro atoms. The topological polar surface area (TPSA) is 32.3 Å². The van der Waals surface area contributed by atoms with Crippen molar-refractivity contribution in [3.05, 3.63) is 0 Å². The molecule has 3 nitrogen and oxygen atoms in total. The number of hydrogen-bond acceptors (Lipinski definition) is 3. The molecule has 0 aromatic rings. The molecule has 0 aromatic heterocycles. The van der Waals surface area contributed by atoms with Crippen LogP contribution in [0.4, 0.5) is 0 Å². The molecule has 0 saturated heterocycles. The molecule has 0 aliphatic heterocycles. The van der Waals surface area contributed by atoms with E-state index in [1.807, 2.05) is 16.7 Å². The van der Waals surface area contributed by atoms with E-state index >= 15 is 0 Å². The molecule has 0 radical (unpaired) electrons. The van der Waals surface area contributed by atoms with Crippen LogP contribution in [-0.2, 0) is 4.79 Å². The molecular formula is C13H24N2OS. The maximum absolute atomic E-state index is 12.0. The Morgan fingerprint density at radius 3 is 2.59 bits per heavy atom. The van der Waals surface area contributed by atoms with E-state index in [9.17, 15) is 4.79 Å². The molecule has 0 atom stereocenters. The van der Waals surface area contributed by atoms with Crippen molar-refractivity contribution in [2.24, 2.45) is 0 Å². The van der Waals surface area contributed by atoms with Gasteiger partial charge in [0.05, 0.1) is 6.54 Å². The van der Waals surface area contributed by atoms with Gasteiger partial charge >= 0.3 is 0 Å². The van der Waals surface area contributed by atoms with E-state index in [2.05, 4.69) is 18.5 Å². The smallest absolute Gasteiger partial charge is 0.236 e. The van der Waals surface area contributed by atoms with Gasteiger partial charge in [-0.2, -0.15) is 11.8 Å². The largest absolute Gasteiger partial charge is 0.339 e. The van der Waals surface area contributed by atoms with E-state index in [0.717, 1.165) is 13.1 Å². The zero-order valence-electron chi connectivity index (χ0n) is 11.0. The summed E-state index contributed by atoms with van der Waals surface area (Å²) in [7, 11) is 0. The van der Waals surface area contributed by atoms with Crippen molar-refractivity contribution in [2.75, 3.05) is 25.9 Å². The van der Waals surface area contributed by atoms with Gasteiger partial charge in [-0.1, -0.05) is 6.42 Å². The minimum Gasteiger partial charge on any atom is -0.339 e. The Bertz CT molecular complexity index is 269. The molecular weight excluding hydrogens is 232 g/mol. The maximum atomic E-state index is 12.0. The summed E-state index contributed by atoms with van der Waals surface area (Å²) in [5, 5.41) is 3.36. The van der Waals surface area contributed by atoms with Crippen molar-refractivity contribution in [1.29, 1.82) is 0 Å². The molecule has 2 aliphatic rings. The van der Waals surface area contributed by atoms with E-state index < -0.39 is 0 Å². The number of carbonyl (C=O) groups is 1. The highest BCUT2D eigenvalue weighted by molar-refractivity contribution is 8.00. The van der Waals surface area contributed by atoms with Gasteiger partial charge in [-0.3, -0.25) is 4.79 Å². The van der Waals surface area contributed by atoms with Crippen molar-refractivity contribution in [1.82, 2.24) is 10.2 Å². The Kier molecular flexibility index (Phi) is 4.36. The van der Waals surface area contributed by atoms with Crippen molar-refractivity contribution in [3.63, 3.8) is 0 Å². The molecule has 2 rings (SSSR count). The van der Waals surface area contributed by atoms with Crippen LogP contribution < -0.4 is 5.32 Å². The van der Waals surface area contributed by atoms with Crippen molar-refractivity contribution < 1.29 is 4.79 Å². The van der Waals surface area contributed by atoms with Crippen LogP contribution in [0, 0.1) is 0 Å². The third kappa shape index (κ3) is 3.16. The lowest BCUT2D eigenvalue weighted by molar-refractivity contribution is -0.130. The van der Waals surface area contributed by atoms with Crippen LogP contribution in [-0.4, -0.2) is 47.5 Å². The molecule has 1 amide bonds. The summed E-state index contributed by atoms with van der Waals surface area (Å²) in [6.07, 6.45) is 8.54. The summed E-state index contributed by atoms with van der Waals surface area (Å²) in [5.41, 5.74) is 0. The van der Waals surface area contributed by atoms with E-state index in [0.29, 0.717) is 17.3 Å². The lowest BCUT2D eigenvalue weighted by Gasteiger charge is -2.40. The Morgan fingerprint density at radius 2 is 2.18 bits per heavy atom. The molecule has 1 N–H and O–H groups in total. The summed E-state index contributed by atoms with van der Waals surface area (Å²) in [5.74, 6) is 0.283. The number of amides is 1. The quantitative estimate of drug-likeness (QED) is 0.755. The summed E-state index contributed by atoms with van der Waals surface area (Å²) >= 11 is 1.96. The fourth-order valence-electron chi connectivity index (χ4n) is 2.55. The van der Waals surface area contributed by atoms with Crippen molar-refractivity contribution >= 4 is 17.7 Å². The summed E-state index contributed by atoms with van der Waals surface area (Å²) in [4.78, 5) is 14.0. The average molecular weight is 256 g/mol. The Balaban J connectivity index is 1.68. The fourth-order valence-corrected chi connectivity index (χ4v) is 3.49. The second kappa shape index (κ2) is 5.61. The van der Waals surface area contributed by atoms with Crippen LogP contribution in [0.3, 0.4) is 0 Å². The van der Waals surface area contributed by atoms with Gasteiger partial charge in [0.15, 0.2) is 0 Å². The molecule has 2 fully saturated rings. The second-order valence-corrected chi connectivity index (χ2v) is 6.53. The highest BCUT2D eigenvalue weighted by atomic mass is 32.2.